The molecule has 21 heavy (non-hydrogen) atoms. The molecule has 0 amide bonds. The number of fused-ring (bicyclic) bond motifs is 1. The highest BCUT2D eigenvalue weighted by atomic mass is 19.4. The summed E-state index contributed by atoms with van der Waals surface area (Å²) in [5.41, 5.74) is 0.593. The topological polar surface area (TPSA) is 41.1 Å². The van der Waals surface area contributed by atoms with E-state index in [1.54, 1.807) is 6.07 Å². The van der Waals surface area contributed by atoms with Crippen LogP contribution in [0.15, 0.2) is 18.2 Å². The molecule has 116 valence electrons. The molecule has 1 heterocycles. The predicted octanol–water partition coefficient (Wildman–Crippen LogP) is 2.71. The zero-order valence-corrected chi connectivity index (χ0v) is 11.4. The van der Waals surface area contributed by atoms with E-state index in [9.17, 15) is 17.6 Å². The fourth-order valence-electron chi connectivity index (χ4n) is 2.02. The first-order valence-electron chi connectivity index (χ1n) is 6.30. The molecule has 0 unspecified atom stereocenters. The van der Waals surface area contributed by atoms with Crippen LogP contribution in [0.2, 0.25) is 0 Å². The third-order valence-corrected chi connectivity index (χ3v) is 2.90. The molecule has 2 aromatic rings. The molecule has 2 rings (SSSR count). The van der Waals surface area contributed by atoms with E-state index in [1.165, 1.54) is 19.2 Å². The normalized spacial score (nSPS) is 12.5. The number of hydrogen-bond donors (Lipinski definition) is 1. The van der Waals surface area contributed by atoms with E-state index in [0.29, 0.717) is 5.52 Å². The fourth-order valence-corrected chi connectivity index (χ4v) is 2.02. The monoisotopic (exact) mass is 305 g/mol. The third-order valence-electron chi connectivity index (χ3n) is 2.90. The average molecular weight is 305 g/mol. The Kier molecular flexibility index (Phi) is 4.79. The van der Waals surface area contributed by atoms with Crippen LogP contribution in [0.3, 0.4) is 0 Å². The summed E-state index contributed by atoms with van der Waals surface area (Å²) in [7, 11) is 1.42. The van der Waals surface area contributed by atoms with Crippen molar-refractivity contribution < 1.29 is 22.3 Å². The van der Waals surface area contributed by atoms with Gasteiger partial charge in [-0.3, -0.25) is 4.90 Å². The summed E-state index contributed by atoms with van der Waals surface area (Å²) in [6, 6.07) is 4.39. The largest absolute Gasteiger partial charge is 0.401 e. The number of H-pyrrole nitrogens is 1. The van der Waals surface area contributed by atoms with Crippen LogP contribution in [0.1, 0.15) is 5.82 Å². The molecule has 0 aliphatic carbocycles. The summed E-state index contributed by atoms with van der Waals surface area (Å²) in [4.78, 5) is 7.99. The van der Waals surface area contributed by atoms with Crippen molar-refractivity contribution in [1.82, 2.24) is 14.9 Å². The number of nitrogens with zero attached hydrogens (tertiary/aromatic N) is 2. The molecule has 0 saturated carbocycles. The molecule has 0 spiro atoms. The van der Waals surface area contributed by atoms with Crippen molar-refractivity contribution in [3.8, 4) is 0 Å². The summed E-state index contributed by atoms with van der Waals surface area (Å²) in [6.45, 7) is -0.854. The number of alkyl halides is 3. The number of halogens is 4. The van der Waals surface area contributed by atoms with Crippen molar-refractivity contribution in [2.24, 2.45) is 0 Å². The van der Waals surface area contributed by atoms with Gasteiger partial charge in [0.25, 0.3) is 0 Å². The predicted molar refractivity (Wildman–Crippen MR) is 69.3 cm³/mol. The van der Waals surface area contributed by atoms with Crippen LogP contribution < -0.4 is 0 Å². The lowest BCUT2D eigenvalue weighted by atomic mass is 10.3. The SMILES string of the molecule is COCCN(Cc1nc2c(F)cccc2[nH]1)CC(F)(F)F. The van der Waals surface area contributed by atoms with E-state index < -0.39 is 18.5 Å². The molecule has 0 atom stereocenters. The van der Waals surface area contributed by atoms with Crippen LogP contribution in [0, 0.1) is 5.82 Å². The lowest BCUT2D eigenvalue weighted by molar-refractivity contribution is -0.148. The maximum absolute atomic E-state index is 13.5. The van der Waals surface area contributed by atoms with Crippen LogP contribution in [-0.4, -0.2) is 47.9 Å². The van der Waals surface area contributed by atoms with Crippen LogP contribution in [0.4, 0.5) is 17.6 Å². The number of aromatic nitrogens is 2. The van der Waals surface area contributed by atoms with E-state index in [1.807, 2.05) is 0 Å². The van der Waals surface area contributed by atoms with Gasteiger partial charge in [-0.1, -0.05) is 6.07 Å². The van der Waals surface area contributed by atoms with Gasteiger partial charge in [-0.15, -0.1) is 0 Å². The zero-order chi connectivity index (χ0) is 15.5. The molecular formula is C13H15F4N3O. The third kappa shape index (κ3) is 4.40. The number of aromatic amines is 1. The first kappa shape index (κ1) is 15.7. The van der Waals surface area contributed by atoms with E-state index in [-0.39, 0.29) is 31.0 Å². The smallest absolute Gasteiger partial charge is 0.383 e. The van der Waals surface area contributed by atoms with E-state index in [4.69, 9.17) is 4.74 Å². The van der Waals surface area contributed by atoms with Crippen LogP contribution in [0.25, 0.3) is 11.0 Å². The van der Waals surface area contributed by atoms with E-state index in [0.717, 1.165) is 4.90 Å². The second-order valence-corrected chi connectivity index (χ2v) is 4.64. The van der Waals surface area contributed by atoms with Crippen molar-refractivity contribution in [3.05, 3.63) is 29.8 Å². The molecule has 1 N–H and O–H groups in total. The van der Waals surface area contributed by atoms with Gasteiger partial charge in [0.2, 0.25) is 0 Å². The summed E-state index contributed by atoms with van der Waals surface area (Å²) < 4.78 is 55.9. The minimum absolute atomic E-state index is 0.0585. The quantitative estimate of drug-likeness (QED) is 0.834. The number of rotatable bonds is 6. The molecule has 0 bridgehead atoms. The highest BCUT2D eigenvalue weighted by molar-refractivity contribution is 5.75. The van der Waals surface area contributed by atoms with Crippen molar-refractivity contribution in [3.63, 3.8) is 0 Å². The van der Waals surface area contributed by atoms with Crippen molar-refractivity contribution >= 4 is 11.0 Å². The van der Waals surface area contributed by atoms with Gasteiger partial charge >= 0.3 is 6.18 Å². The maximum Gasteiger partial charge on any atom is 0.401 e. The Bertz CT molecular complexity index is 597. The number of para-hydroxylation sites is 1. The van der Waals surface area contributed by atoms with Crippen molar-refractivity contribution in [2.45, 2.75) is 12.7 Å². The fraction of sp³-hybridized carbons (Fsp3) is 0.462. The molecule has 0 aliphatic heterocycles. The average Bonchev–Trinajstić information content (AvgIpc) is 2.78. The minimum Gasteiger partial charge on any atom is -0.383 e. The van der Waals surface area contributed by atoms with Gasteiger partial charge in [-0.05, 0) is 12.1 Å². The molecular weight excluding hydrogens is 290 g/mol. The Morgan fingerprint density at radius 2 is 2.10 bits per heavy atom. The molecule has 0 aliphatic rings. The van der Waals surface area contributed by atoms with Gasteiger partial charge < -0.3 is 9.72 Å². The summed E-state index contributed by atoms with van der Waals surface area (Å²) in [5.74, 6) is -0.218. The molecule has 4 nitrogen and oxygen atoms in total. The summed E-state index contributed by atoms with van der Waals surface area (Å²) >= 11 is 0. The minimum atomic E-state index is -4.31. The lowest BCUT2D eigenvalue weighted by Crippen LogP contribution is -2.36. The first-order chi connectivity index (χ1) is 9.89. The molecule has 1 aromatic heterocycles. The number of nitrogens with one attached hydrogen (secondary N) is 1. The van der Waals surface area contributed by atoms with Gasteiger partial charge in [0, 0.05) is 13.7 Å². The number of ether oxygens (including phenoxy) is 1. The Morgan fingerprint density at radius 3 is 2.71 bits per heavy atom. The number of hydrogen-bond acceptors (Lipinski definition) is 3. The standard InChI is InChI=1S/C13H15F4N3O/c1-21-6-5-20(8-13(15,16)17)7-11-18-10-4-2-3-9(14)12(10)19-11/h2-4H,5-8H2,1H3,(H,18,19). The van der Waals surface area contributed by atoms with Gasteiger partial charge in [0.1, 0.15) is 11.3 Å². The molecule has 0 saturated heterocycles. The van der Waals surface area contributed by atoms with Gasteiger partial charge in [-0.25, -0.2) is 9.37 Å². The van der Waals surface area contributed by atoms with E-state index >= 15 is 0 Å². The Balaban J connectivity index is 2.15. The summed E-state index contributed by atoms with van der Waals surface area (Å²) in [6.07, 6.45) is -4.31. The van der Waals surface area contributed by atoms with Gasteiger partial charge in [0.05, 0.1) is 25.2 Å². The van der Waals surface area contributed by atoms with E-state index in [2.05, 4.69) is 9.97 Å². The molecule has 1 aromatic carbocycles. The van der Waals surface area contributed by atoms with Crippen LogP contribution >= 0.6 is 0 Å². The van der Waals surface area contributed by atoms with Crippen LogP contribution in [0.5, 0.6) is 0 Å². The second-order valence-electron chi connectivity index (χ2n) is 4.64. The Morgan fingerprint density at radius 1 is 1.33 bits per heavy atom. The Labute approximate surface area is 118 Å². The molecule has 0 fully saturated rings. The molecule has 8 heteroatoms. The second kappa shape index (κ2) is 6.40. The van der Waals surface area contributed by atoms with Crippen LogP contribution in [-0.2, 0) is 11.3 Å². The molecule has 0 radical (unpaired) electrons. The van der Waals surface area contributed by atoms with Gasteiger partial charge in [-0.2, -0.15) is 13.2 Å². The van der Waals surface area contributed by atoms with Gasteiger partial charge in [0.15, 0.2) is 5.82 Å². The number of benzene rings is 1. The number of methoxy groups -OCH3 is 1. The number of imidazole rings is 1. The first-order valence-corrected chi connectivity index (χ1v) is 6.30. The summed E-state index contributed by atoms with van der Waals surface area (Å²) in [5, 5.41) is 0. The highest BCUT2D eigenvalue weighted by Gasteiger charge is 2.31. The Hall–Kier alpha value is -1.67. The van der Waals surface area contributed by atoms with Crippen molar-refractivity contribution in [1.29, 1.82) is 0 Å². The lowest BCUT2D eigenvalue weighted by Gasteiger charge is -2.22. The zero-order valence-electron chi connectivity index (χ0n) is 11.4. The van der Waals surface area contributed by atoms with Crippen molar-refractivity contribution in [2.75, 3.05) is 26.8 Å². The highest BCUT2D eigenvalue weighted by Crippen LogP contribution is 2.19. The maximum atomic E-state index is 13.5.